The summed E-state index contributed by atoms with van der Waals surface area (Å²) in [6.07, 6.45) is 6.78. The van der Waals surface area contributed by atoms with Crippen molar-refractivity contribution in [2.75, 3.05) is 0 Å². The van der Waals surface area contributed by atoms with Gasteiger partial charge in [-0.3, -0.25) is 4.98 Å². The molecule has 0 aliphatic heterocycles. The molecule has 4 aromatic rings. The van der Waals surface area contributed by atoms with Gasteiger partial charge in [0.05, 0.1) is 16.8 Å². The first-order valence-corrected chi connectivity index (χ1v) is 10.4. The van der Waals surface area contributed by atoms with E-state index < -0.39 is 5.97 Å². The minimum atomic E-state index is -0.896. The van der Waals surface area contributed by atoms with Crippen molar-refractivity contribution in [1.29, 1.82) is 0 Å². The van der Waals surface area contributed by atoms with E-state index in [0.717, 1.165) is 30.5 Å². The molecule has 2 heterocycles. The Bertz CT molecular complexity index is 1240. The summed E-state index contributed by atoms with van der Waals surface area (Å²) in [6, 6.07) is 18.7. The highest BCUT2D eigenvalue weighted by Gasteiger charge is 2.26. The standard InChI is InChI=1S/C26H24N2O2/c1-17-11-19(13-24-23(26(29)30)14-22(15-27-24)20-7-8-20)12-21-9-10-28(25(17)21)16-18-5-3-2-4-6-18/h2-6,9-12,14-15,20H,7-8,13,16H2,1H3,(H,29,30). The number of aryl methyl sites for hydroxylation is 1. The third kappa shape index (κ3) is 3.61. The summed E-state index contributed by atoms with van der Waals surface area (Å²) in [5.41, 5.74) is 6.79. The Morgan fingerprint density at radius 2 is 1.90 bits per heavy atom. The van der Waals surface area contributed by atoms with Gasteiger partial charge in [-0.05, 0) is 66.1 Å². The number of rotatable bonds is 6. The Kier molecular flexibility index (Phi) is 4.62. The second kappa shape index (κ2) is 7.45. The summed E-state index contributed by atoms with van der Waals surface area (Å²) in [4.78, 5) is 16.4. The molecule has 0 atom stereocenters. The molecule has 0 unspecified atom stereocenters. The van der Waals surface area contributed by atoms with Gasteiger partial charge in [-0.25, -0.2) is 4.79 Å². The van der Waals surface area contributed by atoms with Gasteiger partial charge in [0.15, 0.2) is 0 Å². The Morgan fingerprint density at radius 3 is 2.63 bits per heavy atom. The number of nitrogens with zero attached hydrogens (tertiary/aromatic N) is 2. The number of aromatic carboxylic acids is 1. The molecule has 1 aliphatic rings. The molecule has 4 nitrogen and oxygen atoms in total. The average Bonchev–Trinajstić information content (AvgIpc) is 3.51. The van der Waals surface area contributed by atoms with Crippen LogP contribution < -0.4 is 0 Å². The number of hydrogen-bond acceptors (Lipinski definition) is 2. The van der Waals surface area contributed by atoms with Gasteiger partial charge >= 0.3 is 5.97 Å². The van der Waals surface area contributed by atoms with Crippen LogP contribution in [-0.2, 0) is 13.0 Å². The number of aromatic nitrogens is 2. The fourth-order valence-corrected chi connectivity index (χ4v) is 4.33. The van der Waals surface area contributed by atoms with E-state index >= 15 is 0 Å². The third-order valence-corrected chi connectivity index (χ3v) is 5.95. The van der Waals surface area contributed by atoms with E-state index in [9.17, 15) is 9.90 Å². The van der Waals surface area contributed by atoms with Gasteiger partial charge in [0.2, 0.25) is 0 Å². The van der Waals surface area contributed by atoms with Crippen LogP contribution in [0.1, 0.15) is 57.1 Å². The zero-order chi connectivity index (χ0) is 20.7. The Labute approximate surface area is 175 Å². The van der Waals surface area contributed by atoms with Crippen LogP contribution in [0.5, 0.6) is 0 Å². The first-order valence-electron chi connectivity index (χ1n) is 10.4. The predicted molar refractivity (Wildman–Crippen MR) is 118 cm³/mol. The highest BCUT2D eigenvalue weighted by Crippen LogP contribution is 2.40. The molecule has 1 saturated carbocycles. The minimum Gasteiger partial charge on any atom is -0.478 e. The van der Waals surface area contributed by atoms with Crippen molar-refractivity contribution in [3.8, 4) is 0 Å². The molecule has 150 valence electrons. The van der Waals surface area contributed by atoms with Crippen LogP contribution in [0.15, 0.2) is 67.0 Å². The smallest absolute Gasteiger partial charge is 0.337 e. The van der Waals surface area contributed by atoms with Crippen molar-refractivity contribution in [3.63, 3.8) is 0 Å². The fraction of sp³-hybridized carbons (Fsp3) is 0.231. The van der Waals surface area contributed by atoms with Crippen molar-refractivity contribution in [2.45, 2.75) is 38.6 Å². The molecule has 2 aromatic carbocycles. The largest absolute Gasteiger partial charge is 0.478 e. The molecule has 0 spiro atoms. The molecular formula is C26H24N2O2. The van der Waals surface area contributed by atoms with Gasteiger partial charge < -0.3 is 9.67 Å². The van der Waals surface area contributed by atoms with E-state index in [1.54, 1.807) is 0 Å². The number of pyridine rings is 1. The lowest BCUT2D eigenvalue weighted by molar-refractivity contribution is 0.0695. The summed E-state index contributed by atoms with van der Waals surface area (Å²) in [6.45, 7) is 2.95. The fourth-order valence-electron chi connectivity index (χ4n) is 4.33. The molecule has 5 rings (SSSR count). The second-order valence-corrected chi connectivity index (χ2v) is 8.30. The molecular weight excluding hydrogens is 372 g/mol. The number of carbonyl (C=O) groups is 1. The summed E-state index contributed by atoms with van der Waals surface area (Å²) >= 11 is 0. The molecule has 1 aliphatic carbocycles. The third-order valence-electron chi connectivity index (χ3n) is 5.95. The normalized spacial score (nSPS) is 13.6. The summed E-state index contributed by atoms with van der Waals surface area (Å²) in [5.74, 6) is -0.403. The van der Waals surface area contributed by atoms with Gasteiger partial charge in [-0.2, -0.15) is 0 Å². The average molecular weight is 396 g/mol. The summed E-state index contributed by atoms with van der Waals surface area (Å²) < 4.78 is 2.27. The quantitative estimate of drug-likeness (QED) is 0.464. The first-order chi connectivity index (χ1) is 14.6. The van der Waals surface area contributed by atoms with E-state index in [4.69, 9.17) is 0 Å². The maximum Gasteiger partial charge on any atom is 0.337 e. The lowest BCUT2D eigenvalue weighted by Gasteiger charge is -2.11. The van der Waals surface area contributed by atoms with Gasteiger partial charge in [-0.15, -0.1) is 0 Å². The lowest BCUT2D eigenvalue weighted by Crippen LogP contribution is -2.07. The predicted octanol–water partition coefficient (Wildman–Crippen LogP) is 5.56. The molecule has 2 aromatic heterocycles. The van der Waals surface area contributed by atoms with Gasteiger partial charge in [0.1, 0.15) is 0 Å². The lowest BCUT2D eigenvalue weighted by atomic mass is 9.99. The van der Waals surface area contributed by atoms with E-state index in [-0.39, 0.29) is 0 Å². The second-order valence-electron chi connectivity index (χ2n) is 8.30. The van der Waals surface area contributed by atoms with Crippen molar-refractivity contribution in [3.05, 3.63) is 101 Å². The number of carboxylic acids is 1. The highest BCUT2D eigenvalue weighted by atomic mass is 16.4. The van der Waals surface area contributed by atoms with E-state index in [1.807, 2.05) is 18.3 Å². The zero-order valence-corrected chi connectivity index (χ0v) is 17.0. The van der Waals surface area contributed by atoms with Crippen LogP contribution in [0.25, 0.3) is 10.9 Å². The van der Waals surface area contributed by atoms with Crippen molar-refractivity contribution < 1.29 is 9.90 Å². The highest BCUT2D eigenvalue weighted by molar-refractivity contribution is 5.89. The maximum atomic E-state index is 11.8. The molecule has 0 saturated heterocycles. The topological polar surface area (TPSA) is 55.1 Å². The Hall–Kier alpha value is -3.40. The Balaban J connectivity index is 1.47. The summed E-state index contributed by atoms with van der Waals surface area (Å²) in [5, 5.41) is 10.9. The van der Waals surface area contributed by atoms with E-state index in [1.165, 1.54) is 22.0 Å². The zero-order valence-electron chi connectivity index (χ0n) is 17.0. The van der Waals surface area contributed by atoms with E-state index in [0.29, 0.717) is 23.6 Å². The van der Waals surface area contributed by atoms with Crippen LogP contribution in [0, 0.1) is 6.92 Å². The summed E-state index contributed by atoms with van der Waals surface area (Å²) in [7, 11) is 0. The van der Waals surface area contributed by atoms with Crippen LogP contribution >= 0.6 is 0 Å². The van der Waals surface area contributed by atoms with Crippen molar-refractivity contribution in [2.24, 2.45) is 0 Å². The number of carboxylic acid groups (broad SMARTS) is 1. The molecule has 4 heteroatoms. The first kappa shape index (κ1) is 18.6. The molecule has 0 radical (unpaired) electrons. The van der Waals surface area contributed by atoms with Crippen LogP contribution in [0.3, 0.4) is 0 Å². The van der Waals surface area contributed by atoms with Gasteiger partial charge in [0, 0.05) is 30.7 Å². The van der Waals surface area contributed by atoms with Gasteiger partial charge in [-0.1, -0.05) is 36.4 Å². The van der Waals surface area contributed by atoms with E-state index in [2.05, 4.69) is 65.1 Å². The Morgan fingerprint density at radius 1 is 1.10 bits per heavy atom. The SMILES string of the molecule is Cc1cc(Cc2ncc(C3CC3)cc2C(=O)O)cc2ccn(Cc3ccccc3)c12. The number of fused-ring (bicyclic) bond motifs is 1. The molecule has 1 fully saturated rings. The molecule has 1 N–H and O–H groups in total. The van der Waals surface area contributed by atoms with Crippen LogP contribution in [0.2, 0.25) is 0 Å². The number of hydrogen-bond donors (Lipinski definition) is 1. The number of benzene rings is 2. The maximum absolute atomic E-state index is 11.8. The van der Waals surface area contributed by atoms with Crippen molar-refractivity contribution >= 4 is 16.9 Å². The molecule has 0 bridgehead atoms. The van der Waals surface area contributed by atoms with Crippen LogP contribution in [0.4, 0.5) is 0 Å². The molecule has 0 amide bonds. The van der Waals surface area contributed by atoms with Crippen LogP contribution in [-0.4, -0.2) is 20.6 Å². The van der Waals surface area contributed by atoms with Crippen molar-refractivity contribution in [1.82, 2.24) is 9.55 Å². The monoisotopic (exact) mass is 396 g/mol. The minimum absolute atomic E-state index is 0.332. The van der Waals surface area contributed by atoms with Gasteiger partial charge in [0.25, 0.3) is 0 Å². The molecule has 30 heavy (non-hydrogen) atoms.